The van der Waals surface area contributed by atoms with Gasteiger partial charge in [0.25, 0.3) is 11.1 Å². The van der Waals surface area contributed by atoms with Crippen LogP contribution in [-0.4, -0.2) is 25.6 Å². The maximum Gasteiger partial charge on any atom is 0.261 e. The molecule has 1 aliphatic heterocycles. The van der Waals surface area contributed by atoms with Crippen molar-refractivity contribution in [3.63, 3.8) is 0 Å². The van der Waals surface area contributed by atoms with Gasteiger partial charge in [0.1, 0.15) is 6.17 Å². The van der Waals surface area contributed by atoms with Crippen LogP contribution >= 0.6 is 0 Å². The molecule has 140 valence electrons. The summed E-state index contributed by atoms with van der Waals surface area (Å²) in [7, 11) is 0. The number of aromatic nitrogens is 4. The summed E-state index contributed by atoms with van der Waals surface area (Å²) < 4.78 is 3.27. The predicted octanol–water partition coefficient (Wildman–Crippen LogP) is 1.15. The van der Waals surface area contributed by atoms with Gasteiger partial charge in [-0.1, -0.05) is 0 Å². The van der Waals surface area contributed by atoms with E-state index in [1.54, 1.807) is 40.0 Å². The molecule has 0 bridgehead atoms. The highest BCUT2D eigenvalue weighted by atomic mass is 16.1. The number of hydrogen-bond acceptors (Lipinski definition) is 6. The average Bonchev–Trinajstić information content (AvgIpc) is 3.25. The van der Waals surface area contributed by atoms with E-state index in [-0.39, 0.29) is 17.3 Å². The van der Waals surface area contributed by atoms with Gasteiger partial charge < -0.3 is 4.57 Å². The molecule has 1 saturated heterocycles. The molecular weight excluding hydrogens is 356 g/mol. The molecule has 28 heavy (non-hydrogen) atoms. The third-order valence-electron chi connectivity index (χ3n) is 5.09. The van der Waals surface area contributed by atoms with Gasteiger partial charge in [-0.2, -0.15) is 0 Å². The van der Waals surface area contributed by atoms with Gasteiger partial charge in [-0.3, -0.25) is 24.6 Å². The number of nitrogens with zero attached hydrogens (tertiary/aromatic N) is 4. The molecule has 0 radical (unpaired) electrons. The predicted molar refractivity (Wildman–Crippen MR) is 106 cm³/mol. The molecule has 1 aliphatic rings. The van der Waals surface area contributed by atoms with Crippen molar-refractivity contribution >= 4 is 21.8 Å². The molecule has 5 rings (SSSR count). The van der Waals surface area contributed by atoms with Gasteiger partial charge in [0.15, 0.2) is 0 Å². The van der Waals surface area contributed by atoms with Gasteiger partial charge in [0, 0.05) is 31.3 Å². The van der Waals surface area contributed by atoms with E-state index in [0.29, 0.717) is 28.4 Å². The van der Waals surface area contributed by atoms with Gasteiger partial charge in [-0.25, -0.2) is 10.4 Å². The molecule has 4 aromatic rings. The zero-order chi connectivity index (χ0) is 19.1. The first-order valence-electron chi connectivity index (χ1n) is 9.13. The highest BCUT2D eigenvalue weighted by molar-refractivity contribution is 5.91. The van der Waals surface area contributed by atoms with Crippen LogP contribution in [0.4, 0.5) is 0 Å². The fourth-order valence-electron chi connectivity index (χ4n) is 3.61. The molecule has 0 aromatic carbocycles. The molecule has 8 heteroatoms. The third-order valence-corrected chi connectivity index (χ3v) is 5.09. The second-order valence-electron chi connectivity index (χ2n) is 6.86. The molecule has 8 nitrogen and oxygen atoms in total. The molecule has 0 spiro atoms. The molecule has 0 amide bonds. The monoisotopic (exact) mass is 374 g/mol. The van der Waals surface area contributed by atoms with E-state index in [1.165, 1.54) is 0 Å². The Kier molecular flexibility index (Phi) is 4.00. The van der Waals surface area contributed by atoms with Crippen molar-refractivity contribution in [1.29, 1.82) is 0 Å². The maximum atomic E-state index is 13.0. The Morgan fingerprint density at radius 1 is 1.00 bits per heavy atom. The van der Waals surface area contributed by atoms with E-state index in [9.17, 15) is 9.59 Å². The lowest BCUT2D eigenvalue weighted by atomic mass is 10.1. The highest BCUT2D eigenvalue weighted by Gasteiger charge is 2.18. The zero-order valence-electron chi connectivity index (χ0n) is 15.0. The van der Waals surface area contributed by atoms with Gasteiger partial charge in [0.2, 0.25) is 0 Å². The van der Waals surface area contributed by atoms with Crippen molar-refractivity contribution in [2.75, 3.05) is 6.54 Å². The summed E-state index contributed by atoms with van der Waals surface area (Å²) in [4.78, 5) is 34.5. The van der Waals surface area contributed by atoms with Crippen LogP contribution in [0.15, 0.2) is 64.7 Å². The molecular formula is C20H18N6O2. The van der Waals surface area contributed by atoms with E-state index in [4.69, 9.17) is 0 Å². The Morgan fingerprint density at radius 3 is 2.50 bits per heavy atom. The fourth-order valence-corrected chi connectivity index (χ4v) is 3.61. The SMILES string of the molecule is O=c1c2cc3c(=O)n(C4CCNN4)ccc3nc2ccn1Cc1ccncc1. The second kappa shape index (κ2) is 6.66. The summed E-state index contributed by atoms with van der Waals surface area (Å²) in [5.41, 5.74) is 7.95. The summed E-state index contributed by atoms with van der Waals surface area (Å²) in [5, 5.41) is 0.888. The first-order valence-corrected chi connectivity index (χ1v) is 9.13. The van der Waals surface area contributed by atoms with E-state index < -0.39 is 0 Å². The summed E-state index contributed by atoms with van der Waals surface area (Å²) >= 11 is 0. The van der Waals surface area contributed by atoms with Gasteiger partial charge in [0.05, 0.1) is 28.4 Å². The van der Waals surface area contributed by atoms with Crippen molar-refractivity contribution in [3.05, 3.63) is 81.4 Å². The number of nitrogens with one attached hydrogen (secondary N) is 2. The van der Waals surface area contributed by atoms with Crippen molar-refractivity contribution < 1.29 is 0 Å². The van der Waals surface area contributed by atoms with E-state index in [1.807, 2.05) is 24.3 Å². The third kappa shape index (κ3) is 2.79. The molecule has 0 saturated carbocycles. The lowest BCUT2D eigenvalue weighted by Crippen LogP contribution is -2.34. The molecule has 0 aliphatic carbocycles. The summed E-state index contributed by atoms with van der Waals surface area (Å²) in [6.45, 7) is 1.23. The summed E-state index contributed by atoms with van der Waals surface area (Å²) in [5.74, 6) is 0. The van der Waals surface area contributed by atoms with Crippen molar-refractivity contribution in [3.8, 4) is 0 Å². The van der Waals surface area contributed by atoms with Crippen LogP contribution in [0.1, 0.15) is 18.2 Å². The minimum Gasteiger partial charge on any atom is -0.310 e. The normalized spacial score (nSPS) is 16.8. The van der Waals surface area contributed by atoms with E-state index in [0.717, 1.165) is 18.5 Å². The number of fused-ring (bicyclic) bond motifs is 2. The van der Waals surface area contributed by atoms with Crippen LogP contribution in [0, 0.1) is 0 Å². The van der Waals surface area contributed by atoms with Crippen molar-refractivity contribution in [2.24, 2.45) is 0 Å². The number of pyridine rings is 4. The van der Waals surface area contributed by atoms with Crippen LogP contribution in [0.3, 0.4) is 0 Å². The van der Waals surface area contributed by atoms with E-state index in [2.05, 4.69) is 20.8 Å². The number of hydrogen-bond donors (Lipinski definition) is 2. The standard InChI is InChI=1S/C20H18N6O2/c27-19-14-11-15-17(5-10-26(20(15)28)18-3-8-22-24-18)23-16(14)4-9-25(19)12-13-1-6-21-7-2-13/h1-2,4-7,9-11,18,22,24H,3,8,12H2. The quantitative estimate of drug-likeness (QED) is 0.523. The first kappa shape index (κ1) is 16.8. The summed E-state index contributed by atoms with van der Waals surface area (Å²) in [6, 6.07) is 9.04. The summed E-state index contributed by atoms with van der Waals surface area (Å²) in [6.07, 6.45) is 7.59. The van der Waals surface area contributed by atoms with Crippen LogP contribution in [0.2, 0.25) is 0 Å². The average molecular weight is 374 g/mol. The zero-order valence-corrected chi connectivity index (χ0v) is 15.0. The Labute approximate surface area is 159 Å². The van der Waals surface area contributed by atoms with Gasteiger partial charge in [-0.05, 0) is 42.3 Å². The molecule has 1 unspecified atom stereocenters. The van der Waals surface area contributed by atoms with Crippen LogP contribution in [0.25, 0.3) is 21.8 Å². The van der Waals surface area contributed by atoms with E-state index >= 15 is 0 Å². The molecule has 1 atom stereocenters. The molecule has 1 fully saturated rings. The maximum absolute atomic E-state index is 13.0. The first-order chi connectivity index (χ1) is 13.7. The Balaban J connectivity index is 1.66. The van der Waals surface area contributed by atoms with Crippen molar-refractivity contribution in [1.82, 2.24) is 30.0 Å². The highest BCUT2D eigenvalue weighted by Crippen LogP contribution is 2.16. The smallest absolute Gasteiger partial charge is 0.261 e. The van der Waals surface area contributed by atoms with Crippen molar-refractivity contribution in [2.45, 2.75) is 19.1 Å². The van der Waals surface area contributed by atoms with Gasteiger partial charge in [-0.15, -0.1) is 0 Å². The molecule has 2 N–H and O–H groups in total. The second-order valence-corrected chi connectivity index (χ2v) is 6.86. The Morgan fingerprint density at radius 2 is 1.75 bits per heavy atom. The topological polar surface area (TPSA) is 93.8 Å². The minimum atomic E-state index is -0.167. The van der Waals surface area contributed by atoms with Gasteiger partial charge >= 0.3 is 0 Å². The lowest BCUT2D eigenvalue weighted by Gasteiger charge is -2.14. The van der Waals surface area contributed by atoms with Crippen LogP contribution in [0.5, 0.6) is 0 Å². The fraction of sp³-hybridized carbons (Fsp3) is 0.200. The van der Waals surface area contributed by atoms with Crippen LogP contribution < -0.4 is 22.0 Å². The Bertz CT molecular complexity index is 1290. The lowest BCUT2D eigenvalue weighted by molar-refractivity contribution is 0.432. The minimum absolute atomic E-state index is 0.105. The van der Waals surface area contributed by atoms with Crippen LogP contribution in [-0.2, 0) is 6.54 Å². The Hall–Kier alpha value is -3.36. The largest absolute Gasteiger partial charge is 0.310 e. The number of hydrazine groups is 1. The molecule has 5 heterocycles. The molecule has 4 aromatic heterocycles. The number of rotatable bonds is 3.